The zero-order chi connectivity index (χ0) is 18.0. The normalized spacial score (nSPS) is 12.2. The Morgan fingerprint density at radius 2 is 2.12 bits per heavy atom. The summed E-state index contributed by atoms with van der Waals surface area (Å²) in [5.41, 5.74) is 2.76. The monoisotopic (exact) mass is 377 g/mol. The summed E-state index contributed by atoms with van der Waals surface area (Å²) in [7, 11) is 0. The molecule has 0 saturated carbocycles. The first kappa shape index (κ1) is 17.6. The van der Waals surface area contributed by atoms with Gasteiger partial charge < -0.3 is 14.5 Å². The first-order valence-corrected chi connectivity index (χ1v) is 8.51. The van der Waals surface area contributed by atoms with Crippen LogP contribution >= 0.6 is 23.2 Å². The molecule has 0 fully saturated rings. The molecule has 5 nitrogen and oxygen atoms in total. The lowest BCUT2D eigenvalue weighted by molar-refractivity contribution is -0.127. The van der Waals surface area contributed by atoms with E-state index in [0.29, 0.717) is 22.3 Å². The molecule has 1 amide bonds. The third-order valence-corrected chi connectivity index (χ3v) is 4.21. The molecule has 0 aliphatic carbocycles. The van der Waals surface area contributed by atoms with E-state index >= 15 is 0 Å². The Kier molecular flexibility index (Phi) is 5.16. The maximum atomic E-state index is 12.2. The zero-order valence-corrected chi connectivity index (χ0v) is 15.3. The number of nitrogens with zero attached hydrogens (tertiary/aromatic N) is 2. The van der Waals surface area contributed by atoms with Crippen molar-refractivity contribution in [2.24, 2.45) is 0 Å². The van der Waals surface area contributed by atoms with Crippen molar-refractivity contribution in [2.75, 3.05) is 0 Å². The van der Waals surface area contributed by atoms with Crippen molar-refractivity contribution in [1.82, 2.24) is 14.7 Å². The maximum absolute atomic E-state index is 12.2. The van der Waals surface area contributed by atoms with Crippen molar-refractivity contribution < 1.29 is 9.53 Å². The van der Waals surface area contributed by atoms with Crippen LogP contribution in [0.4, 0.5) is 0 Å². The van der Waals surface area contributed by atoms with Crippen LogP contribution in [0.25, 0.3) is 5.65 Å². The number of rotatable bonds is 5. The minimum absolute atomic E-state index is 0.251. The van der Waals surface area contributed by atoms with E-state index in [2.05, 4.69) is 10.3 Å². The Hall–Kier alpha value is -2.24. The van der Waals surface area contributed by atoms with Gasteiger partial charge in [-0.1, -0.05) is 23.2 Å². The van der Waals surface area contributed by atoms with E-state index in [4.69, 9.17) is 27.9 Å². The average molecular weight is 378 g/mol. The van der Waals surface area contributed by atoms with Gasteiger partial charge in [0.1, 0.15) is 11.4 Å². The number of ether oxygens (including phenoxy) is 1. The summed E-state index contributed by atoms with van der Waals surface area (Å²) in [6, 6.07) is 8.86. The minimum Gasteiger partial charge on any atom is -0.479 e. The van der Waals surface area contributed by atoms with Gasteiger partial charge in [-0.2, -0.15) is 0 Å². The largest absolute Gasteiger partial charge is 0.479 e. The molecule has 7 heteroatoms. The van der Waals surface area contributed by atoms with Crippen LogP contribution in [0.15, 0.2) is 42.7 Å². The van der Waals surface area contributed by atoms with Crippen molar-refractivity contribution in [3.8, 4) is 5.75 Å². The van der Waals surface area contributed by atoms with Gasteiger partial charge in [0.05, 0.1) is 17.3 Å². The van der Waals surface area contributed by atoms with Crippen LogP contribution in [0.3, 0.4) is 0 Å². The average Bonchev–Trinajstić information content (AvgIpc) is 2.97. The van der Waals surface area contributed by atoms with Gasteiger partial charge in [-0.15, -0.1) is 0 Å². The topological polar surface area (TPSA) is 55.6 Å². The Bertz CT molecular complexity index is 924. The minimum atomic E-state index is -0.696. The molecular formula is C18H17Cl2N3O2. The number of amides is 1. The highest BCUT2D eigenvalue weighted by molar-refractivity contribution is 6.35. The predicted octanol–water partition coefficient (Wildman–Crippen LogP) is 4.03. The number of fused-ring (bicyclic) bond motifs is 1. The standard InChI is InChI=1S/C18H17Cl2N3O2/c1-11-5-6-23-10-14(22-17(23)7-11)9-21-18(24)12(2)25-16-4-3-13(19)8-15(16)20/h3-8,10,12H,9H2,1-2H3,(H,21,24). The predicted molar refractivity (Wildman–Crippen MR) is 98.3 cm³/mol. The SMILES string of the molecule is Cc1ccn2cc(CNC(=O)C(C)Oc3ccc(Cl)cc3Cl)nc2c1. The summed E-state index contributed by atoms with van der Waals surface area (Å²) >= 11 is 11.9. The molecule has 3 aromatic rings. The number of aromatic nitrogens is 2. The van der Waals surface area contributed by atoms with Gasteiger partial charge in [0.2, 0.25) is 0 Å². The molecule has 0 spiro atoms. The van der Waals surface area contributed by atoms with E-state index in [1.165, 1.54) is 0 Å². The number of imidazole rings is 1. The fourth-order valence-corrected chi connectivity index (χ4v) is 2.81. The second-order valence-electron chi connectivity index (χ2n) is 5.75. The van der Waals surface area contributed by atoms with Crippen LogP contribution in [0.5, 0.6) is 5.75 Å². The zero-order valence-electron chi connectivity index (χ0n) is 13.8. The molecule has 0 saturated heterocycles. The van der Waals surface area contributed by atoms with Gasteiger partial charge in [-0.3, -0.25) is 4.79 Å². The number of hydrogen-bond acceptors (Lipinski definition) is 3. The van der Waals surface area contributed by atoms with E-state index in [9.17, 15) is 4.79 Å². The molecule has 2 aromatic heterocycles. The summed E-state index contributed by atoms with van der Waals surface area (Å²) in [5.74, 6) is 0.163. The summed E-state index contributed by atoms with van der Waals surface area (Å²) in [6.07, 6.45) is 3.13. The third kappa shape index (κ3) is 4.24. The first-order valence-electron chi connectivity index (χ1n) is 7.76. The molecule has 0 bridgehead atoms. The highest BCUT2D eigenvalue weighted by atomic mass is 35.5. The maximum Gasteiger partial charge on any atom is 0.261 e. The molecule has 0 aliphatic heterocycles. The first-order chi connectivity index (χ1) is 11.9. The van der Waals surface area contributed by atoms with Gasteiger partial charge in [-0.05, 0) is 49.7 Å². The molecule has 0 radical (unpaired) electrons. The molecule has 1 unspecified atom stereocenters. The molecule has 3 rings (SSSR count). The lowest BCUT2D eigenvalue weighted by Crippen LogP contribution is -2.36. The Balaban J connectivity index is 1.60. The van der Waals surface area contributed by atoms with E-state index < -0.39 is 6.10 Å². The lowest BCUT2D eigenvalue weighted by atomic mass is 10.3. The van der Waals surface area contributed by atoms with Crippen molar-refractivity contribution in [1.29, 1.82) is 0 Å². The van der Waals surface area contributed by atoms with Crippen LogP contribution < -0.4 is 10.1 Å². The van der Waals surface area contributed by atoms with Crippen molar-refractivity contribution in [2.45, 2.75) is 26.5 Å². The molecule has 1 aromatic carbocycles. The van der Waals surface area contributed by atoms with Crippen molar-refractivity contribution in [3.05, 3.63) is 64.0 Å². The molecule has 0 aliphatic rings. The quantitative estimate of drug-likeness (QED) is 0.729. The number of carbonyl (C=O) groups is 1. The summed E-state index contributed by atoms with van der Waals surface area (Å²) < 4.78 is 7.52. The van der Waals surface area contributed by atoms with Crippen LogP contribution in [0.2, 0.25) is 10.0 Å². The highest BCUT2D eigenvalue weighted by Crippen LogP contribution is 2.28. The van der Waals surface area contributed by atoms with E-state index in [0.717, 1.165) is 16.9 Å². The molecular weight excluding hydrogens is 361 g/mol. The van der Waals surface area contributed by atoms with Gasteiger partial charge in [-0.25, -0.2) is 4.98 Å². The number of nitrogens with one attached hydrogen (secondary N) is 1. The van der Waals surface area contributed by atoms with Crippen LogP contribution in [-0.2, 0) is 11.3 Å². The highest BCUT2D eigenvalue weighted by Gasteiger charge is 2.16. The van der Waals surface area contributed by atoms with Gasteiger partial charge >= 0.3 is 0 Å². The summed E-state index contributed by atoms with van der Waals surface area (Å²) in [6.45, 7) is 3.99. The molecule has 1 N–H and O–H groups in total. The lowest BCUT2D eigenvalue weighted by Gasteiger charge is -2.15. The third-order valence-electron chi connectivity index (χ3n) is 3.68. The Morgan fingerprint density at radius 3 is 2.88 bits per heavy atom. The van der Waals surface area contributed by atoms with E-state index in [-0.39, 0.29) is 5.91 Å². The Labute approximate surface area is 155 Å². The molecule has 1 atom stereocenters. The van der Waals surface area contributed by atoms with Crippen LogP contribution in [0, 0.1) is 6.92 Å². The molecule has 2 heterocycles. The fourth-order valence-electron chi connectivity index (χ4n) is 2.36. The number of benzene rings is 1. The van der Waals surface area contributed by atoms with Gasteiger partial charge in [0, 0.05) is 17.4 Å². The number of pyridine rings is 1. The van der Waals surface area contributed by atoms with Crippen LogP contribution in [0.1, 0.15) is 18.2 Å². The number of aryl methyl sites for hydroxylation is 1. The van der Waals surface area contributed by atoms with E-state index in [1.54, 1.807) is 25.1 Å². The number of halogens is 2. The number of carbonyl (C=O) groups excluding carboxylic acids is 1. The van der Waals surface area contributed by atoms with Crippen molar-refractivity contribution in [3.63, 3.8) is 0 Å². The fraction of sp³-hybridized carbons (Fsp3) is 0.222. The van der Waals surface area contributed by atoms with E-state index in [1.807, 2.05) is 35.9 Å². The van der Waals surface area contributed by atoms with Crippen molar-refractivity contribution >= 4 is 34.8 Å². The Morgan fingerprint density at radius 1 is 1.32 bits per heavy atom. The van der Waals surface area contributed by atoms with Gasteiger partial charge in [0.15, 0.2) is 6.10 Å². The summed E-state index contributed by atoms with van der Waals surface area (Å²) in [5, 5.41) is 3.69. The smallest absolute Gasteiger partial charge is 0.261 e. The number of hydrogen-bond donors (Lipinski definition) is 1. The van der Waals surface area contributed by atoms with Crippen LogP contribution in [-0.4, -0.2) is 21.4 Å². The second kappa shape index (κ2) is 7.33. The molecule has 130 valence electrons. The second-order valence-corrected chi connectivity index (χ2v) is 6.60. The summed E-state index contributed by atoms with van der Waals surface area (Å²) in [4.78, 5) is 16.7. The van der Waals surface area contributed by atoms with Gasteiger partial charge in [0.25, 0.3) is 5.91 Å². The molecule has 25 heavy (non-hydrogen) atoms.